The number of rotatable bonds is 8. The summed E-state index contributed by atoms with van der Waals surface area (Å²) in [5.41, 5.74) is 0.953. The molecule has 0 bridgehead atoms. The van der Waals surface area contributed by atoms with Crippen molar-refractivity contribution in [3.05, 3.63) is 62.1 Å². The second-order valence-corrected chi connectivity index (χ2v) is 10.1. The molecule has 0 aromatic heterocycles. The van der Waals surface area contributed by atoms with Crippen LogP contribution in [0.2, 0.25) is 0 Å². The summed E-state index contributed by atoms with van der Waals surface area (Å²) in [6.45, 7) is 2.02. The molecule has 0 radical (unpaired) electrons. The minimum atomic E-state index is -0.589. The molecule has 0 saturated heterocycles. The number of amides is 2. The van der Waals surface area contributed by atoms with Crippen molar-refractivity contribution >= 4 is 50.3 Å². The van der Waals surface area contributed by atoms with Crippen LogP contribution < -0.4 is 10.1 Å². The Labute approximate surface area is 206 Å². The van der Waals surface area contributed by atoms with Gasteiger partial charge in [0.1, 0.15) is 11.8 Å². The fraction of sp³-hybridized carbons (Fsp3) is 0.417. The fourth-order valence-electron chi connectivity index (χ4n) is 3.74. The topological polar surface area (TPSA) is 58.6 Å². The molecule has 1 aliphatic carbocycles. The van der Waals surface area contributed by atoms with Gasteiger partial charge in [-0.25, -0.2) is 0 Å². The highest BCUT2D eigenvalue weighted by Crippen LogP contribution is 2.19. The lowest BCUT2D eigenvalue weighted by Crippen LogP contribution is -2.51. The van der Waals surface area contributed by atoms with Crippen LogP contribution in [-0.4, -0.2) is 35.4 Å². The van der Waals surface area contributed by atoms with Crippen molar-refractivity contribution in [2.24, 2.45) is 0 Å². The lowest BCUT2D eigenvalue weighted by molar-refractivity contribution is -0.142. The van der Waals surface area contributed by atoms with Crippen LogP contribution in [0.5, 0.6) is 5.75 Å². The number of nitrogens with one attached hydrogen (secondary N) is 1. The maximum Gasteiger partial charge on any atom is 0.261 e. The van der Waals surface area contributed by atoms with Crippen molar-refractivity contribution in [1.29, 1.82) is 0 Å². The zero-order valence-electron chi connectivity index (χ0n) is 17.7. The van der Waals surface area contributed by atoms with Crippen molar-refractivity contribution in [3.63, 3.8) is 0 Å². The van der Waals surface area contributed by atoms with E-state index in [-0.39, 0.29) is 24.5 Å². The van der Waals surface area contributed by atoms with Gasteiger partial charge in [-0.05, 0) is 84.3 Å². The van der Waals surface area contributed by atoms with Crippen LogP contribution in [0.4, 0.5) is 0 Å². The molecule has 0 heterocycles. The Morgan fingerprint density at radius 1 is 1.16 bits per heavy atom. The Hall–Kier alpha value is -1.61. The molecule has 0 spiro atoms. The predicted molar refractivity (Wildman–Crippen MR) is 134 cm³/mol. The molecule has 1 N–H and O–H groups in total. The van der Waals surface area contributed by atoms with E-state index < -0.39 is 6.04 Å². The summed E-state index contributed by atoms with van der Waals surface area (Å²) in [6.07, 6.45) is 5.53. The average Bonchev–Trinajstić information content (AvgIpc) is 2.77. The maximum absolute atomic E-state index is 13.1. The molecule has 7 heteroatoms. The van der Waals surface area contributed by atoms with Crippen LogP contribution in [0, 0.1) is 3.57 Å². The molecule has 5 nitrogen and oxygen atoms in total. The molecule has 31 heavy (non-hydrogen) atoms. The number of carbonyl (C=O) groups is 2. The molecular weight excluding hydrogens is 571 g/mol. The maximum atomic E-state index is 13.1. The minimum absolute atomic E-state index is 0.107. The SMILES string of the molecule is C[C@@H](C(=O)NC1CCCCC1)N(Cc1cccc(Br)c1)C(=O)COc1ccc(I)cc1. The molecule has 1 saturated carbocycles. The van der Waals surface area contributed by atoms with Gasteiger partial charge in [0.25, 0.3) is 5.91 Å². The largest absolute Gasteiger partial charge is 0.484 e. The zero-order chi connectivity index (χ0) is 22.2. The Morgan fingerprint density at radius 3 is 2.55 bits per heavy atom. The molecule has 1 fully saturated rings. The zero-order valence-corrected chi connectivity index (χ0v) is 21.4. The summed E-state index contributed by atoms with van der Waals surface area (Å²) in [4.78, 5) is 27.7. The van der Waals surface area contributed by atoms with Crippen LogP contribution in [0.1, 0.15) is 44.6 Å². The van der Waals surface area contributed by atoms with Gasteiger partial charge < -0.3 is 15.0 Å². The molecule has 2 aromatic rings. The van der Waals surface area contributed by atoms with E-state index in [1.165, 1.54) is 6.42 Å². The van der Waals surface area contributed by atoms with Gasteiger partial charge in [-0.3, -0.25) is 9.59 Å². The first-order valence-electron chi connectivity index (χ1n) is 10.6. The van der Waals surface area contributed by atoms with E-state index in [2.05, 4.69) is 43.8 Å². The number of hydrogen-bond acceptors (Lipinski definition) is 3. The normalized spacial score (nSPS) is 15.2. The molecule has 1 aliphatic rings. The van der Waals surface area contributed by atoms with Crippen LogP contribution in [0.15, 0.2) is 53.0 Å². The molecule has 2 amide bonds. The second kappa shape index (κ2) is 11.9. The van der Waals surface area contributed by atoms with Crippen LogP contribution in [0.25, 0.3) is 0 Å². The van der Waals surface area contributed by atoms with E-state index in [1.807, 2.05) is 48.5 Å². The number of nitrogens with zero attached hydrogens (tertiary/aromatic N) is 1. The van der Waals surface area contributed by atoms with Crippen LogP contribution in [0.3, 0.4) is 0 Å². The first-order chi connectivity index (χ1) is 14.9. The van der Waals surface area contributed by atoms with Gasteiger partial charge in [0.15, 0.2) is 6.61 Å². The number of benzene rings is 2. The molecule has 0 unspecified atom stereocenters. The molecule has 3 rings (SSSR count). The Kier molecular flexibility index (Phi) is 9.19. The monoisotopic (exact) mass is 598 g/mol. The highest BCUT2D eigenvalue weighted by Gasteiger charge is 2.28. The number of ether oxygens (including phenoxy) is 1. The van der Waals surface area contributed by atoms with E-state index in [0.717, 1.165) is 39.3 Å². The standard InChI is InChI=1S/C24H28BrIN2O3/c1-17(24(30)27-21-8-3-2-4-9-21)28(15-18-6-5-7-19(25)14-18)23(29)16-31-22-12-10-20(26)11-13-22/h5-7,10-14,17,21H,2-4,8-9,15-16H2,1H3,(H,27,30)/t17-/m0/s1. The van der Waals surface area contributed by atoms with Crippen molar-refractivity contribution < 1.29 is 14.3 Å². The molecule has 2 aromatic carbocycles. The van der Waals surface area contributed by atoms with Gasteiger partial charge in [0.2, 0.25) is 5.91 Å². The van der Waals surface area contributed by atoms with Crippen molar-refractivity contribution in [2.45, 2.75) is 57.7 Å². The summed E-state index contributed by atoms with van der Waals surface area (Å²) < 4.78 is 7.74. The van der Waals surface area contributed by atoms with E-state index in [4.69, 9.17) is 4.74 Å². The summed E-state index contributed by atoms with van der Waals surface area (Å²) >= 11 is 5.70. The van der Waals surface area contributed by atoms with Gasteiger partial charge in [0.05, 0.1) is 0 Å². The van der Waals surface area contributed by atoms with Gasteiger partial charge in [-0.2, -0.15) is 0 Å². The first-order valence-corrected chi connectivity index (χ1v) is 12.5. The summed E-state index contributed by atoms with van der Waals surface area (Å²) in [5.74, 6) is 0.310. The van der Waals surface area contributed by atoms with Crippen molar-refractivity contribution in [3.8, 4) is 5.75 Å². The van der Waals surface area contributed by atoms with Crippen LogP contribution >= 0.6 is 38.5 Å². The van der Waals surface area contributed by atoms with Crippen molar-refractivity contribution in [1.82, 2.24) is 10.2 Å². The van der Waals surface area contributed by atoms with Gasteiger partial charge in [-0.1, -0.05) is 47.3 Å². The lowest BCUT2D eigenvalue weighted by Gasteiger charge is -2.31. The third kappa shape index (κ3) is 7.49. The summed E-state index contributed by atoms with van der Waals surface area (Å²) in [5, 5.41) is 3.15. The highest BCUT2D eigenvalue weighted by molar-refractivity contribution is 14.1. The third-order valence-electron chi connectivity index (χ3n) is 5.54. The third-order valence-corrected chi connectivity index (χ3v) is 6.75. The number of hydrogen-bond donors (Lipinski definition) is 1. The molecule has 166 valence electrons. The van der Waals surface area contributed by atoms with E-state index in [9.17, 15) is 9.59 Å². The number of halogens is 2. The Balaban J connectivity index is 1.70. The minimum Gasteiger partial charge on any atom is -0.484 e. The van der Waals surface area contributed by atoms with Crippen LogP contribution in [-0.2, 0) is 16.1 Å². The second-order valence-electron chi connectivity index (χ2n) is 7.91. The van der Waals surface area contributed by atoms with Crippen molar-refractivity contribution in [2.75, 3.05) is 6.61 Å². The van der Waals surface area contributed by atoms with Gasteiger partial charge >= 0.3 is 0 Å². The lowest BCUT2D eigenvalue weighted by atomic mass is 9.95. The predicted octanol–water partition coefficient (Wildman–Crippen LogP) is 5.30. The van der Waals surface area contributed by atoms with E-state index in [0.29, 0.717) is 12.3 Å². The molecule has 0 aliphatic heterocycles. The van der Waals surface area contributed by atoms with Gasteiger partial charge in [0, 0.05) is 20.6 Å². The van der Waals surface area contributed by atoms with E-state index >= 15 is 0 Å². The number of carbonyl (C=O) groups excluding carboxylic acids is 2. The summed E-state index contributed by atoms with van der Waals surface area (Å²) in [6, 6.07) is 14.9. The molecular formula is C24H28BrIN2O3. The Bertz CT molecular complexity index is 885. The smallest absolute Gasteiger partial charge is 0.261 e. The Morgan fingerprint density at radius 2 is 1.87 bits per heavy atom. The quantitative estimate of drug-likeness (QED) is 0.420. The van der Waals surface area contributed by atoms with E-state index in [1.54, 1.807) is 11.8 Å². The molecule has 1 atom stereocenters. The average molecular weight is 599 g/mol. The van der Waals surface area contributed by atoms with Gasteiger partial charge in [-0.15, -0.1) is 0 Å². The first kappa shape index (κ1) is 24.0. The summed E-state index contributed by atoms with van der Waals surface area (Å²) in [7, 11) is 0. The highest BCUT2D eigenvalue weighted by atomic mass is 127. The fourth-order valence-corrected chi connectivity index (χ4v) is 4.55.